The molecule has 2 fully saturated rings. The van der Waals surface area contributed by atoms with Crippen molar-refractivity contribution in [3.63, 3.8) is 0 Å². The fourth-order valence-corrected chi connectivity index (χ4v) is 4.82. The zero-order chi connectivity index (χ0) is 27.2. The van der Waals surface area contributed by atoms with Crippen molar-refractivity contribution in [1.29, 1.82) is 0 Å². The molecule has 4 atom stereocenters. The zero-order valence-electron chi connectivity index (χ0n) is 20.1. The van der Waals surface area contributed by atoms with Crippen LogP contribution in [0.15, 0.2) is 12.1 Å². The second-order valence-electron chi connectivity index (χ2n) is 9.71. The molecule has 2 aliphatic heterocycles. The van der Waals surface area contributed by atoms with Gasteiger partial charge in [0.1, 0.15) is 29.6 Å². The molecule has 1 saturated carbocycles. The SMILES string of the molecule is C[C@H](NC(=O)O)C(=O)N(C)[C@@H](CC1CC1)C(=O)N1C[C@@]2(C[C@H]1C(N)=O)Oc1cc(F)cc(F)c1NC2=O. The summed E-state index contributed by atoms with van der Waals surface area (Å²) in [5.41, 5.74) is 3.34. The molecule has 5 amide bonds. The van der Waals surface area contributed by atoms with Gasteiger partial charge in [-0.05, 0) is 19.3 Å². The van der Waals surface area contributed by atoms with Crippen molar-refractivity contribution in [3.05, 3.63) is 23.8 Å². The van der Waals surface area contributed by atoms with E-state index in [0.29, 0.717) is 6.07 Å². The van der Waals surface area contributed by atoms with E-state index in [2.05, 4.69) is 5.32 Å². The monoisotopic (exact) mass is 523 g/mol. The van der Waals surface area contributed by atoms with Crippen LogP contribution in [-0.4, -0.2) is 81.9 Å². The number of carbonyl (C=O) groups excluding carboxylic acids is 4. The van der Waals surface area contributed by atoms with Crippen LogP contribution in [0, 0.1) is 17.6 Å². The first-order chi connectivity index (χ1) is 17.3. The highest BCUT2D eigenvalue weighted by Gasteiger charge is 2.58. The van der Waals surface area contributed by atoms with Crippen LogP contribution < -0.4 is 21.1 Å². The van der Waals surface area contributed by atoms with Gasteiger partial charge in [-0.2, -0.15) is 0 Å². The lowest BCUT2D eigenvalue weighted by molar-refractivity contribution is -0.148. The van der Waals surface area contributed by atoms with E-state index >= 15 is 0 Å². The van der Waals surface area contributed by atoms with Gasteiger partial charge in [0, 0.05) is 25.6 Å². The van der Waals surface area contributed by atoms with Gasteiger partial charge in [0.2, 0.25) is 23.3 Å². The molecule has 1 aromatic rings. The topological polar surface area (TPSA) is 171 Å². The Balaban J connectivity index is 1.63. The number of hydrogen-bond acceptors (Lipinski definition) is 6. The first-order valence-corrected chi connectivity index (χ1v) is 11.7. The summed E-state index contributed by atoms with van der Waals surface area (Å²) < 4.78 is 33.7. The van der Waals surface area contributed by atoms with Crippen LogP contribution in [0.3, 0.4) is 0 Å². The average Bonchev–Trinajstić information content (AvgIpc) is 3.55. The predicted molar refractivity (Wildman–Crippen MR) is 122 cm³/mol. The number of amides is 5. The van der Waals surface area contributed by atoms with Crippen molar-refractivity contribution >= 4 is 35.4 Å². The molecule has 1 aromatic carbocycles. The van der Waals surface area contributed by atoms with Gasteiger partial charge in [0.05, 0.1) is 6.54 Å². The molecule has 4 rings (SSSR count). The van der Waals surface area contributed by atoms with Crippen LogP contribution in [0.4, 0.5) is 19.3 Å². The van der Waals surface area contributed by atoms with Gasteiger partial charge in [-0.25, -0.2) is 13.6 Å². The molecule has 2 heterocycles. The largest absolute Gasteiger partial charge is 0.473 e. The highest BCUT2D eigenvalue weighted by Crippen LogP contribution is 2.42. The van der Waals surface area contributed by atoms with Crippen molar-refractivity contribution in [2.75, 3.05) is 18.9 Å². The fraction of sp³-hybridized carbons (Fsp3) is 0.522. The van der Waals surface area contributed by atoms with E-state index < -0.39 is 71.6 Å². The van der Waals surface area contributed by atoms with Crippen LogP contribution in [0.25, 0.3) is 0 Å². The first-order valence-electron chi connectivity index (χ1n) is 11.7. The van der Waals surface area contributed by atoms with Crippen LogP contribution in [0.5, 0.6) is 5.75 Å². The van der Waals surface area contributed by atoms with Crippen LogP contribution in [0.1, 0.15) is 32.6 Å². The summed E-state index contributed by atoms with van der Waals surface area (Å²) in [5.74, 6) is -5.28. The number of likely N-dealkylation sites (N-methyl/N-ethyl adjacent to an activating group) is 1. The molecule has 1 saturated heterocycles. The molecule has 0 unspecified atom stereocenters. The van der Waals surface area contributed by atoms with Gasteiger partial charge in [-0.1, -0.05) is 12.8 Å². The first kappa shape index (κ1) is 26.1. The highest BCUT2D eigenvalue weighted by molar-refractivity contribution is 6.03. The molecule has 14 heteroatoms. The number of anilines is 1. The number of hydrogen-bond donors (Lipinski definition) is 4. The van der Waals surface area contributed by atoms with Gasteiger partial charge in [-0.15, -0.1) is 0 Å². The van der Waals surface area contributed by atoms with Crippen LogP contribution >= 0.6 is 0 Å². The minimum Gasteiger partial charge on any atom is -0.473 e. The third kappa shape index (κ3) is 5.00. The number of halogens is 2. The quantitative estimate of drug-likeness (QED) is 0.401. The number of ether oxygens (including phenoxy) is 1. The second-order valence-corrected chi connectivity index (χ2v) is 9.71. The summed E-state index contributed by atoms with van der Waals surface area (Å²) >= 11 is 0. The van der Waals surface area contributed by atoms with Crippen LogP contribution in [-0.2, 0) is 19.2 Å². The Labute approximate surface area is 210 Å². The van der Waals surface area contributed by atoms with Gasteiger partial charge in [0.25, 0.3) is 5.91 Å². The highest BCUT2D eigenvalue weighted by atomic mass is 19.1. The molecular formula is C23H27F2N5O7. The van der Waals surface area contributed by atoms with Crippen molar-refractivity contribution in [1.82, 2.24) is 15.1 Å². The van der Waals surface area contributed by atoms with Gasteiger partial charge in [0.15, 0.2) is 11.6 Å². The standard InChI is InChI=1S/C23H27F2N5O7/c1-10(27-22(35)36)19(32)29(2)14(5-11-3-4-11)20(33)30-9-23(8-15(30)18(26)31)21(34)28-17-13(25)6-12(24)7-16(17)37-23/h6-7,10-11,14-15,27H,3-5,8-9H2,1-2H3,(H2,26,31)(H,28,34)(H,35,36)/t10-,14-,15-,23+/m0/s1. The number of nitrogens with two attached hydrogens (primary N) is 1. The lowest BCUT2D eigenvalue weighted by Gasteiger charge is -2.36. The van der Waals surface area contributed by atoms with Crippen molar-refractivity contribution < 1.29 is 42.6 Å². The van der Waals surface area contributed by atoms with Crippen LogP contribution in [0.2, 0.25) is 0 Å². The molecule has 5 N–H and O–H groups in total. The van der Waals surface area contributed by atoms with E-state index in [0.717, 1.165) is 28.7 Å². The summed E-state index contributed by atoms with van der Waals surface area (Å²) in [6.45, 7) is 0.869. The summed E-state index contributed by atoms with van der Waals surface area (Å²) in [6, 6.07) is -2.08. The van der Waals surface area contributed by atoms with Crippen molar-refractivity contribution in [2.45, 2.75) is 56.3 Å². The van der Waals surface area contributed by atoms with Gasteiger partial charge in [-0.3, -0.25) is 19.2 Å². The van der Waals surface area contributed by atoms with E-state index in [-0.39, 0.29) is 30.2 Å². The molecule has 3 aliphatic rings. The number of primary amides is 1. The normalized spacial score (nSPS) is 23.9. The molecule has 0 bridgehead atoms. The average molecular weight is 523 g/mol. The maximum Gasteiger partial charge on any atom is 0.405 e. The molecule has 0 radical (unpaired) electrons. The summed E-state index contributed by atoms with van der Waals surface area (Å²) in [7, 11) is 1.35. The Kier molecular flexibility index (Phi) is 6.69. The lowest BCUT2D eigenvalue weighted by atomic mass is 9.96. The summed E-state index contributed by atoms with van der Waals surface area (Å²) in [5, 5.41) is 13.3. The molecular weight excluding hydrogens is 496 g/mol. The Bertz CT molecular complexity index is 1180. The smallest absolute Gasteiger partial charge is 0.405 e. The van der Waals surface area contributed by atoms with Crippen molar-refractivity contribution in [3.8, 4) is 5.75 Å². The number of carbonyl (C=O) groups is 5. The maximum atomic E-state index is 14.2. The Morgan fingerprint density at radius 3 is 2.59 bits per heavy atom. The second kappa shape index (κ2) is 9.48. The fourth-order valence-electron chi connectivity index (χ4n) is 4.82. The Morgan fingerprint density at radius 1 is 1.32 bits per heavy atom. The third-order valence-corrected chi connectivity index (χ3v) is 6.98. The number of fused-ring (bicyclic) bond motifs is 1. The summed E-state index contributed by atoms with van der Waals surface area (Å²) in [4.78, 5) is 65.2. The number of benzene rings is 1. The maximum absolute atomic E-state index is 14.2. The van der Waals surface area contributed by atoms with E-state index in [1.54, 1.807) is 0 Å². The van der Waals surface area contributed by atoms with Gasteiger partial charge < -0.3 is 36.0 Å². The Morgan fingerprint density at radius 2 is 2.00 bits per heavy atom. The molecule has 0 aromatic heterocycles. The Hall–Kier alpha value is -3.97. The van der Waals surface area contributed by atoms with E-state index in [1.165, 1.54) is 14.0 Å². The number of carboxylic acid groups (broad SMARTS) is 1. The van der Waals surface area contributed by atoms with E-state index in [4.69, 9.17) is 15.6 Å². The number of likely N-dealkylation sites (tertiary alicyclic amines) is 1. The van der Waals surface area contributed by atoms with E-state index in [9.17, 15) is 32.8 Å². The van der Waals surface area contributed by atoms with Crippen molar-refractivity contribution in [2.24, 2.45) is 11.7 Å². The number of nitrogens with zero attached hydrogens (tertiary/aromatic N) is 2. The number of nitrogens with one attached hydrogen (secondary N) is 2. The molecule has 1 aliphatic carbocycles. The third-order valence-electron chi connectivity index (χ3n) is 6.98. The van der Waals surface area contributed by atoms with E-state index in [1.807, 2.05) is 5.32 Å². The zero-order valence-corrected chi connectivity index (χ0v) is 20.1. The lowest BCUT2D eigenvalue weighted by Crippen LogP contribution is -2.57. The molecule has 12 nitrogen and oxygen atoms in total. The molecule has 37 heavy (non-hydrogen) atoms. The summed E-state index contributed by atoms with van der Waals surface area (Å²) in [6.07, 6.45) is 0.127. The van der Waals surface area contributed by atoms with Gasteiger partial charge >= 0.3 is 6.09 Å². The minimum atomic E-state index is -1.85. The number of rotatable bonds is 7. The minimum absolute atomic E-state index is 0.141. The predicted octanol–water partition coefficient (Wildman–Crippen LogP) is 0.404. The molecule has 200 valence electrons. The molecule has 1 spiro atoms.